The van der Waals surface area contributed by atoms with Crippen molar-refractivity contribution < 1.29 is 78.6 Å². The molecule has 26 heteroatoms. The fourth-order valence-electron chi connectivity index (χ4n) is 6.88. The molecule has 26 nitrogen and oxygen atoms in total. The summed E-state index contributed by atoms with van der Waals surface area (Å²) >= 11 is 0. The fourth-order valence-corrected chi connectivity index (χ4v) is 6.88. The van der Waals surface area contributed by atoms with Gasteiger partial charge >= 0.3 is 5.97 Å². The number of phenolic OH excluding ortho intramolecular Hbond substituents is 2. The molecule has 1 saturated heterocycles. The Morgan fingerprint density at radius 2 is 1.23 bits per heavy atom. The van der Waals surface area contributed by atoms with E-state index in [0.717, 1.165) is 6.92 Å². The number of aliphatic hydroxyl groups is 3. The molecule has 1 heterocycles. The van der Waals surface area contributed by atoms with Crippen LogP contribution >= 0.6 is 0 Å². The summed E-state index contributed by atoms with van der Waals surface area (Å²) in [5.74, 6) is -10.1. The van der Waals surface area contributed by atoms with E-state index < -0.39 is 140 Å². The van der Waals surface area contributed by atoms with Gasteiger partial charge in [0.15, 0.2) is 6.04 Å². The van der Waals surface area contributed by atoms with Gasteiger partial charge in [-0.05, 0) is 68.5 Å². The number of carbonyl (C=O) groups is 10. The van der Waals surface area contributed by atoms with Gasteiger partial charge in [0.25, 0.3) is 0 Å². The Balaban J connectivity index is 1.66. The molecule has 0 radical (unpaired) electrons. The van der Waals surface area contributed by atoms with Crippen LogP contribution in [0.4, 0.5) is 0 Å². The minimum Gasteiger partial charge on any atom is -0.508 e. The maximum Gasteiger partial charge on any atom is 0.328 e. The number of hydrogen-bond acceptors (Lipinski definition) is 16. The molecular weight excluding hydrogens is 913 g/mol. The number of nitrogens with two attached hydrogens (primary N) is 2. The normalized spacial score (nSPS) is 16.7. The summed E-state index contributed by atoms with van der Waals surface area (Å²) in [4.78, 5) is 131. The molecule has 69 heavy (non-hydrogen) atoms. The third-order valence-electron chi connectivity index (χ3n) is 10.7. The standard InChI is InChI=1S/C43H60N10O16/c1-21(36(61)51-31(20-55)38(63)46-18-34(60)48-29(16-23-5-9-25(57)10-6-23)40(65)52-35(22(2)56)43(68)69)47-39(64)28(13-14-33(45)59)49-41(66)32-4-3-15-53(32)42(67)30(50-37(62)27(44)19-54)17-24-7-11-26(58)12-8-24/h5-12,21-22,27-32,35,54-58H,3-4,13-20,44H2,1-2H3,(H2,45,59)(H,46,63)(H,47,64)(H,48,60)(H,49,66)(H,50,62)(H,51,61)(H,52,65)(H,68,69)/t21-,22+,27-,28-,29-,30-,31-,32-,35-/m0/s1. The Morgan fingerprint density at radius 3 is 1.75 bits per heavy atom. The van der Waals surface area contributed by atoms with Gasteiger partial charge < -0.3 is 84.2 Å². The lowest BCUT2D eigenvalue weighted by Crippen LogP contribution is -2.59. The van der Waals surface area contributed by atoms with E-state index in [1.807, 2.05) is 0 Å². The second-order valence-electron chi connectivity index (χ2n) is 16.2. The van der Waals surface area contributed by atoms with Gasteiger partial charge in [-0.1, -0.05) is 24.3 Å². The highest BCUT2D eigenvalue weighted by Gasteiger charge is 2.40. The molecule has 378 valence electrons. The molecule has 17 N–H and O–H groups in total. The van der Waals surface area contributed by atoms with Crippen molar-refractivity contribution in [2.45, 2.75) is 107 Å². The number of hydrogen-bond donors (Lipinski definition) is 15. The average Bonchev–Trinajstić information content (AvgIpc) is 3.80. The Labute approximate surface area is 394 Å². The van der Waals surface area contributed by atoms with Crippen LogP contribution in [0.3, 0.4) is 0 Å². The van der Waals surface area contributed by atoms with Gasteiger partial charge in [0, 0.05) is 25.8 Å². The Hall–Kier alpha value is -7.42. The monoisotopic (exact) mass is 972 g/mol. The Kier molecular flexibility index (Phi) is 21.7. The smallest absolute Gasteiger partial charge is 0.328 e. The van der Waals surface area contributed by atoms with E-state index in [1.54, 1.807) is 0 Å². The van der Waals surface area contributed by atoms with Gasteiger partial charge in [-0.3, -0.25) is 43.2 Å². The van der Waals surface area contributed by atoms with E-state index in [1.165, 1.54) is 60.4 Å². The Morgan fingerprint density at radius 1 is 0.681 bits per heavy atom. The third-order valence-corrected chi connectivity index (χ3v) is 10.7. The minimum atomic E-state index is -1.75. The molecule has 2 aromatic rings. The lowest BCUT2D eigenvalue weighted by Gasteiger charge is -2.30. The number of carboxylic acid groups (broad SMARTS) is 1. The first-order valence-electron chi connectivity index (χ1n) is 21.7. The first kappa shape index (κ1) is 55.9. The summed E-state index contributed by atoms with van der Waals surface area (Å²) in [5.41, 5.74) is 11.9. The molecule has 1 aliphatic rings. The van der Waals surface area contributed by atoms with Crippen molar-refractivity contribution in [2.75, 3.05) is 26.3 Å². The maximum absolute atomic E-state index is 14.0. The molecule has 0 bridgehead atoms. The summed E-state index contributed by atoms with van der Waals surface area (Å²) in [6, 6.07) is -0.496. The lowest BCUT2D eigenvalue weighted by molar-refractivity contribution is -0.145. The minimum absolute atomic E-state index is 0.0532. The topological polar surface area (TPSA) is 432 Å². The molecule has 0 aliphatic carbocycles. The number of primary amides is 1. The summed E-state index contributed by atoms with van der Waals surface area (Å²) in [7, 11) is 0. The number of phenols is 2. The average molecular weight is 973 g/mol. The first-order valence-corrected chi connectivity index (χ1v) is 21.7. The van der Waals surface area contributed by atoms with Gasteiger partial charge in [-0.15, -0.1) is 0 Å². The largest absolute Gasteiger partial charge is 0.508 e. The van der Waals surface area contributed by atoms with E-state index in [-0.39, 0.29) is 43.7 Å². The summed E-state index contributed by atoms with van der Waals surface area (Å²) < 4.78 is 0. The molecule has 0 unspecified atom stereocenters. The maximum atomic E-state index is 14.0. The number of likely N-dealkylation sites (tertiary alicyclic amines) is 1. The van der Waals surface area contributed by atoms with E-state index in [9.17, 15) is 78.6 Å². The van der Waals surface area contributed by atoms with Crippen molar-refractivity contribution in [1.29, 1.82) is 0 Å². The van der Waals surface area contributed by atoms with Crippen LogP contribution in [0.15, 0.2) is 48.5 Å². The number of amides is 9. The van der Waals surface area contributed by atoms with Crippen molar-refractivity contribution in [1.82, 2.24) is 42.1 Å². The summed E-state index contributed by atoms with van der Waals surface area (Å²) in [6.07, 6.45) is -2.17. The molecular formula is C43H60N10O16. The molecule has 9 amide bonds. The van der Waals surface area contributed by atoms with E-state index >= 15 is 0 Å². The van der Waals surface area contributed by atoms with Crippen molar-refractivity contribution in [2.24, 2.45) is 11.5 Å². The molecule has 1 fully saturated rings. The SMILES string of the molecule is C[C@H](NC(=O)[C@H](CCC(N)=O)NC(=O)[C@@H]1CCCN1C(=O)[C@H](Cc1ccc(O)cc1)NC(=O)[C@@H](N)CO)C(=O)N[C@@H](CO)C(=O)NCC(=O)N[C@@H](Cc1ccc(O)cc1)C(=O)N[C@H](C(=O)O)[C@@H](C)O. The van der Waals surface area contributed by atoms with Gasteiger partial charge in [0.2, 0.25) is 53.2 Å². The highest BCUT2D eigenvalue weighted by molar-refractivity contribution is 5.98. The number of aromatic hydroxyl groups is 2. The molecule has 0 saturated carbocycles. The molecule has 9 atom stereocenters. The van der Waals surface area contributed by atoms with Crippen LogP contribution in [0, 0.1) is 0 Å². The van der Waals surface area contributed by atoms with Crippen molar-refractivity contribution >= 4 is 59.1 Å². The highest BCUT2D eigenvalue weighted by atomic mass is 16.4. The number of aliphatic carboxylic acids is 1. The van der Waals surface area contributed by atoms with Crippen LogP contribution in [-0.4, -0.2) is 175 Å². The zero-order valence-corrected chi connectivity index (χ0v) is 37.8. The molecule has 1 aliphatic heterocycles. The van der Waals surface area contributed by atoms with E-state index in [4.69, 9.17) is 11.5 Å². The van der Waals surface area contributed by atoms with Crippen LogP contribution < -0.4 is 48.7 Å². The highest BCUT2D eigenvalue weighted by Crippen LogP contribution is 2.21. The summed E-state index contributed by atoms with van der Waals surface area (Å²) in [6.45, 7) is -0.192. The van der Waals surface area contributed by atoms with Crippen molar-refractivity contribution in [3.8, 4) is 11.5 Å². The number of aliphatic hydroxyl groups excluding tert-OH is 3. The predicted molar refractivity (Wildman–Crippen MR) is 239 cm³/mol. The molecule has 3 rings (SSSR count). The van der Waals surface area contributed by atoms with Gasteiger partial charge in [-0.2, -0.15) is 0 Å². The number of carbonyl (C=O) groups excluding carboxylic acids is 9. The molecule has 0 aromatic heterocycles. The Bertz CT molecular complexity index is 2160. The van der Waals surface area contributed by atoms with Crippen LogP contribution in [0.2, 0.25) is 0 Å². The zero-order chi connectivity index (χ0) is 51.5. The second-order valence-corrected chi connectivity index (χ2v) is 16.2. The third kappa shape index (κ3) is 17.6. The summed E-state index contributed by atoms with van der Waals surface area (Å²) in [5, 5.41) is 74.1. The van der Waals surface area contributed by atoms with Crippen LogP contribution in [0.1, 0.15) is 50.7 Å². The van der Waals surface area contributed by atoms with Gasteiger partial charge in [0.05, 0.1) is 25.9 Å². The quantitative estimate of drug-likeness (QED) is 0.0417. The van der Waals surface area contributed by atoms with Crippen molar-refractivity contribution in [3.63, 3.8) is 0 Å². The number of benzene rings is 2. The van der Waals surface area contributed by atoms with Crippen molar-refractivity contribution in [3.05, 3.63) is 59.7 Å². The lowest BCUT2D eigenvalue weighted by atomic mass is 10.0. The number of carboxylic acids is 1. The first-order chi connectivity index (χ1) is 32.5. The van der Waals surface area contributed by atoms with E-state index in [0.29, 0.717) is 17.5 Å². The van der Waals surface area contributed by atoms with E-state index in [2.05, 4.69) is 37.2 Å². The number of nitrogens with zero attached hydrogens (tertiary/aromatic N) is 1. The molecule has 2 aromatic carbocycles. The predicted octanol–water partition coefficient (Wildman–Crippen LogP) is -6.04. The second kappa shape index (κ2) is 26.8. The van der Waals surface area contributed by atoms with Crippen LogP contribution in [-0.2, 0) is 60.8 Å². The number of nitrogens with one attached hydrogen (secondary N) is 7. The van der Waals surface area contributed by atoms with Crippen LogP contribution in [0.25, 0.3) is 0 Å². The van der Waals surface area contributed by atoms with Gasteiger partial charge in [0.1, 0.15) is 53.8 Å². The fraction of sp³-hybridized carbons (Fsp3) is 0.488. The number of rotatable bonds is 26. The van der Waals surface area contributed by atoms with Crippen LogP contribution in [0.5, 0.6) is 11.5 Å². The molecule has 0 spiro atoms. The van der Waals surface area contributed by atoms with Gasteiger partial charge in [-0.25, -0.2) is 4.79 Å². The zero-order valence-electron chi connectivity index (χ0n) is 37.8.